The minimum Gasteiger partial charge on any atom is -0.497 e. The van der Waals surface area contributed by atoms with E-state index in [4.69, 9.17) is 13.7 Å². The maximum absolute atomic E-state index is 11.8. The van der Waals surface area contributed by atoms with Crippen LogP contribution in [0.25, 0.3) is 11.4 Å². The Bertz CT molecular complexity index is 810. The van der Waals surface area contributed by atoms with E-state index in [0.29, 0.717) is 16.4 Å². The molecule has 0 unspecified atom stereocenters. The molecular formula is C15H12BrN3O4. The number of methoxy groups -OCH3 is 1. The van der Waals surface area contributed by atoms with Crippen molar-refractivity contribution in [2.45, 2.75) is 6.54 Å². The maximum atomic E-state index is 11.8. The smallest absolute Gasteiger partial charge is 0.287 e. The molecule has 0 aliphatic heterocycles. The van der Waals surface area contributed by atoms with E-state index in [1.807, 2.05) is 24.3 Å². The number of hydrogen-bond acceptors (Lipinski definition) is 6. The Morgan fingerprint density at radius 2 is 2.04 bits per heavy atom. The quantitative estimate of drug-likeness (QED) is 0.734. The second-order valence-corrected chi connectivity index (χ2v) is 5.31. The first-order chi connectivity index (χ1) is 11.2. The Labute approximate surface area is 139 Å². The summed E-state index contributed by atoms with van der Waals surface area (Å²) in [7, 11) is 1.60. The third kappa shape index (κ3) is 3.59. The summed E-state index contributed by atoms with van der Waals surface area (Å²) >= 11 is 3.14. The first-order valence-corrected chi connectivity index (χ1v) is 7.45. The molecule has 0 bridgehead atoms. The predicted molar refractivity (Wildman–Crippen MR) is 83.9 cm³/mol. The first kappa shape index (κ1) is 15.3. The highest BCUT2D eigenvalue weighted by molar-refractivity contribution is 9.10. The summed E-state index contributed by atoms with van der Waals surface area (Å²) in [5.41, 5.74) is 0.794. The van der Waals surface area contributed by atoms with Crippen LogP contribution in [0.15, 0.2) is 50.0 Å². The van der Waals surface area contributed by atoms with Crippen molar-refractivity contribution in [1.82, 2.24) is 15.5 Å². The van der Waals surface area contributed by atoms with Gasteiger partial charge in [-0.3, -0.25) is 4.79 Å². The molecule has 0 saturated carbocycles. The SMILES string of the molecule is COc1ccc(-c2noc(CNC(=O)c3ccc(Br)o3)n2)cc1. The molecule has 0 fully saturated rings. The lowest BCUT2D eigenvalue weighted by Gasteiger charge is -1.99. The Morgan fingerprint density at radius 1 is 1.26 bits per heavy atom. The minimum absolute atomic E-state index is 0.111. The lowest BCUT2D eigenvalue weighted by Crippen LogP contribution is -2.22. The lowest BCUT2D eigenvalue weighted by molar-refractivity contribution is 0.0917. The molecule has 23 heavy (non-hydrogen) atoms. The molecule has 0 aliphatic carbocycles. The third-order valence-corrected chi connectivity index (χ3v) is 3.44. The van der Waals surface area contributed by atoms with Gasteiger partial charge in [-0.05, 0) is 52.3 Å². The van der Waals surface area contributed by atoms with Gasteiger partial charge in [0.1, 0.15) is 5.75 Å². The molecule has 2 heterocycles. The van der Waals surface area contributed by atoms with Crippen molar-refractivity contribution in [3.8, 4) is 17.1 Å². The highest BCUT2D eigenvalue weighted by Crippen LogP contribution is 2.19. The van der Waals surface area contributed by atoms with Gasteiger partial charge < -0.3 is 19.0 Å². The van der Waals surface area contributed by atoms with Gasteiger partial charge >= 0.3 is 0 Å². The number of amides is 1. The van der Waals surface area contributed by atoms with E-state index in [9.17, 15) is 4.79 Å². The summed E-state index contributed by atoms with van der Waals surface area (Å²) in [6.45, 7) is 0.111. The molecule has 118 valence electrons. The highest BCUT2D eigenvalue weighted by atomic mass is 79.9. The minimum atomic E-state index is -0.361. The van der Waals surface area contributed by atoms with Crippen LogP contribution in [0.3, 0.4) is 0 Å². The van der Waals surface area contributed by atoms with Gasteiger partial charge in [0, 0.05) is 5.56 Å². The summed E-state index contributed by atoms with van der Waals surface area (Å²) in [4.78, 5) is 16.1. The summed E-state index contributed by atoms with van der Waals surface area (Å²) in [5, 5.41) is 6.53. The number of hydrogen-bond donors (Lipinski definition) is 1. The van der Waals surface area contributed by atoms with E-state index < -0.39 is 0 Å². The monoisotopic (exact) mass is 377 g/mol. The molecular weight excluding hydrogens is 366 g/mol. The standard InChI is InChI=1S/C15H12BrN3O4/c1-21-10-4-2-9(3-5-10)14-18-13(23-19-14)8-17-15(20)11-6-7-12(16)22-11/h2-7H,8H2,1H3,(H,17,20). The van der Waals surface area contributed by atoms with Crippen LogP contribution in [-0.2, 0) is 6.54 Å². The number of furan rings is 1. The molecule has 1 N–H and O–H groups in total. The number of carbonyl (C=O) groups is 1. The molecule has 0 spiro atoms. The zero-order chi connectivity index (χ0) is 16.2. The molecule has 0 saturated heterocycles. The van der Waals surface area contributed by atoms with Crippen LogP contribution in [-0.4, -0.2) is 23.2 Å². The molecule has 3 aromatic rings. The van der Waals surface area contributed by atoms with Crippen LogP contribution in [0.2, 0.25) is 0 Å². The summed E-state index contributed by atoms with van der Waals surface area (Å²) in [6, 6.07) is 10.5. The molecule has 2 aromatic heterocycles. The Hall–Kier alpha value is -2.61. The Kier molecular flexibility index (Phi) is 4.42. The summed E-state index contributed by atoms with van der Waals surface area (Å²) in [6.07, 6.45) is 0. The van der Waals surface area contributed by atoms with Crippen molar-refractivity contribution < 1.29 is 18.5 Å². The molecule has 7 nitrogen and oxygen atoms in total. The van der Waals surface area contributed by atoms with E-state index in [0.717, 1.165) is 11.3 Å². The van der Waals surface area contributed by atoms with E-state index in [-0.39, 0.29) is 18.2 Å². The molecule has 0 atom stereocenters. The van der Waals surface area contributed by atoms with Crippen molar-refractivity contribution in [3.63, 3.8) is 0 Å². The number of nitrogens with zero attached hydrogens (tertiary/aromatic N) is 2. The number of nitrogens with one attached hydrogen (secondary N) is 1. The number of halogens is 1. The van der Waals surface area contributed by atoms with Gasteiger partial charge in [0.25, 0.3) is 5.91 Å². The van der Waals surface area contributed by atoms with E-state index in [1.54, 1.807) is 19.2 Å². The van der Waals surface area contributed by atoms with Gasteiger partial charge in [-0.2, -0.15) is 4.98 Å². The topological polar surface area (TPSA) is 90.4 Å². The first-order valence-electron chi connectivity index (χ1n) is 6.66. The second-order valence-electron chi connectivity index (χ2n) is 4.53. The van der Waals surface area contributed by atoms with Crippen molar-refractivity contribution in [2.75, 3.05) is 7.11 Å². The van der Waals surface area contributed by atoms with Crippen LogP contribution < -0.4 is 10.1 Å². The molecule has 1 aromatic carbocycles. The highest BCUT2D eigenvalue weighted by Gasteiger charge is 2.13. The van der Waals surface area contributed by atoms with Gasteiger partial charge in [0.15, 0.2) is 10.4 Å². The van der Waals surface area contributed by atoms with E-state index >= 15 is 0 Å². The maximum Gasteiger partial charge on any atom is 0.287 e. The van der Waals surface area contributed by atoms with Gasteiger partial charge in [0.05, 0.1) is 13.7 Å². The van der Waals surface area contributed by atoms with Crippen LogP contribution in [0.4, 0.5) is 0 Å². The number of carbonyl (C=O) groups excluding carboxylic acids is 1. The van der Waals surface area contributed by atoms with Gasteiger partial charge in [0.2, 0.25) is 11.7 Å². The largest absolute Gasteiger partial charge is 0.497 e. The van der Waals surface area contributed by atoms with Crippen LogP contribution in [0.1, 0.15) is 16.4 Å². The van der Waals surface area contributed by atoms with Gasteiger partial charge in [-0.15, -0.1) is 0 Å². The van der Waals surface area contributed by atoms with Crippen molar-refractivity contribution >= 4 is 21.8 Å². The van der Waals surface area contributed by atoms with Crippen molar-refractivity contribution in [3.05, 3.63) is 52.7 Å². The molecule has 8 heteroatoms. The third-order valence-electron chi connectivity index (χ3n) is 3.01. The normalized spacial score (nSPS) is 10.5. The van der Waals surface area contributed by atoms with E-state index in [2.05, 4.69) is 31.4 Å². The number of rotatable bonds is 5. The second kappa shape index (κ2) is 6.66. The van der Waals surface area contributed by atoms with Gasteiger partial charge in [-0.25, -0.2) is 0 Å². The van der Waals surface area contributed by atoms with Crippen LogP contribution >= 0.6 is 15.9 Å². The summed E-state index contributed by atoms with van der Waals surface area (Å²) in [5.74, 6) is 1.33. The average Bonchev–Trinajstić information content (AvgIpc) is 3.22. The molecule has 0 radical (unpaired) electrons. The fourth-order valence-electron chi connectivity index (χ4n) is 1.86. The summed E-state index contributed by atoms with van der Waals surface area (Å²) < 4.78 is 15.9. The van der Waals surface area contributed by atoms with Gasteiger partial charge in [-0.1, -0.05) is 5.16 Å². The van der Waals surface area contributed by atoms with Crippen molar-refractivity contribution in [2.24, 2.45) is 0 Å². The lowest BCUT2D eigenvalue weighted by atomic mass is 10.2. The Morgan fingerprint density at radius 3 is 2.70 bits per heavy atom. The van der Waals surface area contributed by atoms with Crippen molar-refractivity contribution in [1.29, 1.82) is 0 Å². The van der Waals surface area contributed by atoms with Crippen LogP contribution in [0, 0.1) is 0 Å². The zero-order valence-electron chi connectivity index (χ0n) is 12.1. The zero-order valence-corrected chi connectivity index (χ0v) is 13.7. The molecule has 3 rings (SSSR count). The number of benzene rings is 1. The fraction of sp³-hybridized carbons (Fsp3) is 0.133. The number of ether oxygens (including phenoxy) is 1. The fourth-order valence-corrected chi connectivity index (χ4v) is 2.17. The van der Waals surface area contributed by atoms with E-state index in [1.165, 1.54) is 0 Å². The molecule has 0 aliphatic rings. The molecule has 1 amide bonds. The van der Waals surface area contributed by atoms with Crippen LogP contribution in [0.5, 0.6) is 5.75 Å². The number of aromatic nitrogens is 2. The predicted octanol–water partition coefficient (Wildman–Crippen LogP) is 3.03. The average molecular weight is 378 g/mol. The Balaban J connectivity index is 1.63.